The molecule has 0 aliphatic rings. The molecule has 98 valence electrons. The number of hydrogen-bond acceptors (Lipinski definition) is 4. The van der Waals surface area contributed by atoms with E-state index in [0.717, 1.165) is 11.3 Å². The first-order chi connectivity index (χ1) is 9.15. The van der Waals surface area contributed by atoms with Crippen LogP contribution in [0, 0.1) is 6.92 Å². The van der Waals surface area contributed by atoms with Crippen LogP contribution in [0.3, 0.4) is 0 Å². The van der Waals surface area contributed by atoms with Crippen LogP contribution in [-0.4, -0.2) is 16.6 Å². The van der Waals surface area contributed by atoms with Crippen LogP contribution >= 0.6 is 11.8 Å². The number of aryl methyl sites for hydroxylation is 1. The summed E-state index contributed by atoms with van der Waals surface area (Å²) in [6, 6.07) is 11.2. The zero-order valence-corrected chi connectivity index (χ0v) is 11.4. The normalized spacial score (nSPS) is 10.2. The highest BCUT2D eigenvalue weighted by Crippen LogP contribution is 2.21. The number of benzene rings is 1. The van der Waals surface area contributed by atoms with Gasteiger partial charge in [-0.3, -0.25) is 4.79 Å². The lowest BCUT2D eigenvalue weighted by Gasteiger charge is -2.06. The third-order valence-corrected chi connectivity index (χ3v) is 3.50. The summed E-state index contributed by atoms with van der Waals surface area (Å²) in [5, 5.41) is 3.51. The highest BCUT2D eigenvalue weighted by molar-refractivity contribution is 8.00. The van der Waals surface area contributed by atoms with Gasteiger partial charge in [-0.15, -0.1) is 0 Å². The van der Waals surface area contributed by atoms with Crippen LogP contribution in [0.1, 0.15) is 5.56 Å². The van der Waals surface area contributed by atoms with Crippen LogP contribution in [-0.2, 0) is 4.79 Å². The summed E-state index contributed by atoms with van der Waals surface area (Å²) >= 11 is 1.33. The monoisotopic (exact) mass is 273 g/mol. The first-order valence-electron chi connectivity index (χ1n) is 5.85. The molecule has 2 aromatic rings. The van der Waals surface area contributed by atoms with Gasteiger partial charge >= 0.3 is 0 Å². The second-order valence-corrected chi connectivity index (χ2v) is 5.06. The molecule has 0 saturated heterocycles. The Kier molecular flexibility index (Phi) is 4.41. The van der Waals surface area contributed by atoms with Crippen molar-refractivity contribution in [3.8, 4) is 0 Å². The van der Waals surface area contributed by atoms with Crippen LogP contribution in [0.25, 0.3) is 0 Å². The van der Waals surface area contributed by atoms with Gasteiger partial charge in [0.2, 0.25) is 5.91 Å². The molecule has 5 heteroatoms. The molecule has 0 aliphatic heterocycles. The van der Waals surface area contributed by atoms with E-state index in [4.69, 9.17) is 5.73 Å². The number of rotatable bonds is 4. The van der Waals surface area contributed by atoms with E-state index in [0.29, 0.717) is 10.7 Å². The number of pyridine rings is 1. The Bertz CT molecular complexity index is 569. The Morgan fingerprint density at radius 2 is 2.05 bits per heavy atom. The van der Waals surface area contributed by atoms with Gasteiger partial charge in [0.25, 0.3) is 0 Å². The first kappa shape index (κ1) is 13.4. The van der Waals surface area contributed by atoms with Crippen molar-refractivity contribution in [2.75, 3.05) is 16.8 Å². The van der Waals surface area contributed by atoms with E-state index in [1.54, 1.807) is 18.3 Å². The Balaban J connectivity index is 1.88. The van der Waals surface area contributed by atoms with E-state index in [1.165, 1.54) is 11.8 Å². The number of amides is 1. The summed E-state index contributed by atoms with van der Waals surface area (Å²) in [6.07, 6.45) is 1.66. The quantitative estimate of drug-likeness (QED) is 0.840. The number of thioether (sulfide) groups is 1. The van der Waals surface area contributed by atoms with Crippen molar-refractivity contribution in [1.82, 2.24) is 4.98 Å². The van der Waals surface area contributed by atoms with Gasteiger partial charge in [-0.2, -0.15) is 0 Å². The maximum atomic E-state index is 11.8. The lowest BCUT2D eigenvalue weighted by atomic mass is 10.2. The van der Waals surface area contributed by atoms with Gasteiger partial charge in [0.05, 0.1) is 11.4 Å². The van der Waals surface area contributed by atoms with E-state index in [9.17, 15) is 4.79 Å². The molecule has 0 aliphatic carbocycles. The first-order valence-corrected chi connectivity index (χ1v) is 6.83. The summed E-state index contributed by atoms with van der Waals surface area (Å²) in [6.45, 7) is 2.01. The Hall–Kier alpha value is -2.01. The molecular formula is C14H15N3OS. The van der Waals surface area contributed by atoms with Crippen LogP contribution < -0.4 is 11.1 Å². The van der Waals surface area contributed by atoms with E-state index in [-0.39, 0.29) is 11.7 Å². The van der Waals surface area contributed by atoms with Crippen molar-refractivity contribution in [2.45, 2.75) is 11.9 Å². The molecule has 0 spiro atoms. The highest BCUT2D eigenvalue weighted by atomic mass is 32.2. The molecule has 0 radical (unpaired) electrons. The number of anilines is 2. The van der Waals surface area contributed by atoms with Crippen molar-refractivity contribution in [3.63, 3.8) is 0 Å². The molecule has 19 heavy (non-hydrogen) atoms. The van der Waals surface area contributed by atoms with Crippen LogP contribution in [0.4, 0.5) is 11.4 Å². The standard InChI is InChI=1S/C14H15N3OS/c1-10-4-6-11(7-5-10)17-13(18)9-19-14-12(15)3-2-8-16-14/h2-8H,9,15H2,1H3,(H,17,18). The predicted octanol–water partition coefficient (Wildman–Crippen LogP) is 2.70. The van der Waals surface area contributed by atoms with Gasteiger partial charge in [-0.05, 0) is 31.2 Å². The van der Waals surface area contributed by atoms with Crippen molar-refractivity contribution in [3.05, 3.63) is 48.2 Å². The van der Waals surface area contributed by atoms with Crippen LogP contribution in [0.5, 0.6) is 0 Å². The fraction of sp³-hybridized carbons (Fsp3) is 0.143. The fourth-order valence-electron chi connectivity index (χ4n) is 1.49. The maximum Gasteiger partial charge on any atom is 0.234 e. The number of nitrogen functional groups attached to an aromatic ring is 1. The SMILES string of the molecule is Cc1ccc(NC(=O)CSc2ncccc2N)cc1. The van der Waals surface area contributed by atoms with E-state index < -0.39 is 0 Å². The lowest BCUT2D eigenvalue weighted by Crippen LogP contribution is -2.14. The molecule has 0 fully saturated rings. The van der Waals surface area contributed by atoms with Crippen LogP contribution in [0.2, 0.25) is 0 Å². The average molecular weight is 273 g/mol. The second kappa shape index (κ2) is 6.24. The molecule has 0 saturated carbocycles. The number of nitrogens with one attached hydrogen (secondary N) is 1. The molecule has 1 aromatic carbocycles. The number of nitrogens with zero attached hydrogens (tertiary/aromatic N) is 1. The third kappa shape index (κ3) is 3.99. The minimum absolute atomic E-state index is 0.0705. The molecule has 0 atom stereocenters. The topological polar surface area (TPSA) is 68.0 Å². The van der Waals surface area contributed by atoms with Crippen LogP contribution in [0.15, 0.2) is 47.6 Å². The smallest absolute Gasteiger partial charge is 0.234 e. The molecule has 4 nitrogen and oxygen atoms in total. The minimum Gasteiger partial charge on any atom is -0.397 e. The molecular weight excluding hydrogens is 258 g/mol. The van der Waals surface area contributed by atoms with Gasteiger partial charge in [0.1, 0.15) is 5.03 Å². The van der Waals surface area contributed by atoms with Gasteiger partial charge in [-0.25, -0.2) is 4.98 Å². The molecule has 2 rings (SSSR count). The summed E-state index contributed by atoms with van der Waals surface area (Å²) in [5.41, 5.74) is 8.31. The maximum absolute atomic E-state index is 11.8. The molecule has 3 N–H and O–H groups in total. The second-order valence-electron chi connectivity index (χ2n) is 4.10. The summed E-state index contributed by atoms with van der Waals surface area (Å²) < 4.78 is 0. The predicted molar refractivity (Wildman–Crippen MR) is 79.2 cm³/mol. The Morgan fingerprint density at radius 3 is 2.74 bits per heavy atom. The van der Waals surface area contributed by atoms with E-state index >= 15 is 0 Å². The number of nitrogens with two attached hydrogens (primary N) is 1. The average Bonchev–Trinajstić information content (AvgIpc) is 2.40. The van der Waals surface area contributed by atoms with Crippen molar-refractivity contribution < 1.29 is 4.79 Å². The van der Waals surface area contributed by atoms with Crippen molar-refractivity contribution >= 4 is 29.0 Å². The Labute approximate surface area is 116 Å². The largest absolute Gasteiger partial charge is 0.397 e. The number of hydrogen-bond donors (Lipinski definition) is 2. The van der Waals surface area contributed by atoms with Gasteiger partial charge in [0, 0.05) is 11.9 Å². The third-order valence-electron chi connectivity index (χ3n) is 2.48. The highest BCUT2D eigenvalue weighted by Gasteiger charge is 2.06. The molecule has 0 unspecified atom stereocenters. The summed E-state index contributed by atoms with van der Waals surface area (Å²) in [7, 11) is 0. The lowest BCUT2D eigenvalue weighted by molar-refractivity contribution is -0.113. The van der Waals surface area contributed by atoms with E-state index in [1.807, 2.05) is 31.2 Å². The molecule has 1 heterocycles. The number of aromatic nitrogens is 1. The molecule has 1 aromatic heterocycles. The van der Waals surface area contributed by atoms with Gasteiger partial charge in [-0.1, -0.05) is 29.5 Å². The zero-order chi connectivity index (χ0) is 13.7. The molecule has 1 amide bonds. The van der Waals surface area contributed by atoms with Gasteiger partial charge in [0.15, 0.2) is 0 Å². The summed E-state index contributed by atoms with van der Waals surface area (Å²) in [4.78, 5) is 15.9. The summed E-state index contributed by atoms with van der Waals surface area (Å²) in [5.74, 6) is 0.216. The van der Waals surface area contributed by atoms with Crippen molar-refractivity contribution in [2.24, 2.45) is 0 Å². The van der Waals surface area contributed by atoms with E-state index in [2.05, 4.69) is 10.3 Å². The number of carbonyl (C=O) groups excluding carboxylic acids is 1. The zero-order valence-electron chi connectivity index (χ0n) is 10.6. The Morgan fingerprint density at radius 1 is 1.32 bits per heavy atom. The minimum atomic E-state index is -0.0705. The van der Waals surface area contributed by atoms with Gasteiger partial charge < -0.3 is 11.1 Å². The molecule has 0 bridgehead atoms. The number of carbonyl (C=O) groups is 1. The fourth-order valence-corrected chi connectivity index (χ4v) is 2.20. The van der Waals surface area contributed by atoms with Crippen molar-refractivity contribution in [1.29, 1.82) is 0 Å².